The van der Waals surface area contributed by atoms with E-state index in [1.165, 1.54) is 0 Å². The Labute approximate surface area is 158 Å². The topological polar surface area (TPSA) is 70.8 Å². The van der Waals surface area contributed by atoms with Crippen LogP contribution in [0.25, 0.3) is 0 Å². The summed E-state index contributed by atoms with van der Waals surface area (Å²) in [7, 11) is 0. The van der Waals surface area contributed by atoms with Crippen molar-refractivity contribution >= 4 is 18.1 Å². The van der Waals surface area contributed by atoms with Gasteiger partial charge in [-0.05, 0) is 82.9 Å². The largest absolute Gasteiger partial charge is 0.508 e. The Morgan fingerprint density at radius 1 is 0.615 bits per heavy atom. The molecule has 0 aliphatic heterocycles. The lowest BCUT2D eigenvalue weighted by molar-refractivity contribution is 0.474. The summed E-state index contributed by atoms with van der Waals surface area (Å²) in [5.41, 5.74) is 2.33. The minimum Gasteiger partial charge on any atom is -0.508 e. The number of phenols is 2. The third kappa shape index (κ3) is 7.92. The summed E-state index contributed by atoms with van der Waals surface area (Å²) in [6, 6.07) is 14.6. The van der Waals surface area contributed by atoms with Gasteiger partial charge in [0, 0.05) is 37.6 Å². The molecule has 5 nitrogen and oxygen atoms in total. The normalized spacial score (nSPS) is 9.23. The van der Waals surface area contributed by atoms with Crippen molar-refractivity contribution < 1.29 is 10.2 Å². The van der Waals surface area contributed by atoms with Crippen molar-refractivity contribution in [1.29, 1.82) is 5.41 Å². The Hall–Kier alpha value is -2.69. The van der Waals surface area contributed by atoms with Crippen molar-refractivity contribution in [1.82, 2.24) is 0 Å². The van der Waals surface area contributed by atoms with E-state index in [1.807, 2.05) is 24.3 Å². The molecule has 0 radical (unpaired) electrons. The zero-order chi connectivity index (χ0) is 19.9. The first-order valence-electron chi connectivity index (χ1n) is 8.98. The minimum atomic E-state index is 0.325. The van der Waals surface area contributed by atoms with Crippen LogP contribution in [-0.2, 0) is 0 Å². The fraction of sp³-hybridized carbons (Fsp3) is 0.381. The van der Waals surface area contributed by atoms with E-state index in [-0.39, 0.29) is 0 Å². The zero-order valence-electron chi connectivity index (χ0n) is 16.4. The molecule has 3 N–H and O–H groups in total. The number of nitrogens with one attached hydrogen (secondary N) is 1. The van der Waals surface area contributed by atoms with Gasteiger partial charge in [0.05, 0.1) is 0 Å². The number of nitrogens with zero attached hydrogens (tertiary/aromatic N) is 2. The Morgan fingerprint density at radius 2 is 0.846 bits per heavy atom. The van der Waals surface area contributed by atoms with E-state index in [9.17, 15) is 0 Å². The van der Waals surface area contributed by atoms with Gasteiger partial charge in [0.25, 0.3) is 0 Å². The highest BCUT2D eigenvalue weighted by molar-refractivity contribution is 5.49. The van der Waals surface area contributed by atoms with E-state index >= 15 is 0 Å². The molecule has 0 aliphatic carbocycles. The summed E-state index contributed by atoms with van der Waals surface area (Å²) in [5.74, 6) is 0.650. The number of benzene rings is 2. The van der Waals surface area contributed by atoms with Gasteiger partial charge in [-0.1, -0.05) is 0 Å². The molecule has 0 saturated carbocycles. The Balaban J connectivity index is 0.000000439. The second-order valence-electron chi connectivity index (χ2n) is 5.38. The van der Waals surface area contributed by atoms with Crippen molar-refractivity contribution in [3.63, 3.8) is 0 Å². The molecule has 0 aromatic heterocycles. The lowest BCUT2D eigenvalue weighted by atomic mass is 10.2. The van der Waals surface area contributed by atoms with Gasteiger partial charge in [0.1, 0.15) is 11.5 Å². The maximum Gasteiger partial charge on any atom is 0.115 e. The molecule has 0 aliphatic rings. The summed E-state index contributed by atoms with van der Waals surface area (Å²) < 4.78 is 0. The van der Waals surface area contributed by atoms with Gasteiger partial charge in [-0.2, -0.15) is 0 Å². The lowest BCUT2D eigenvalue weighted by Crippen LogP contribution is -2.21. The smallest absolute Gasteiger partial charge is 0.115 e. The average Bonchev–Trinajstić information content (AvgIpc) is 2.69. The monoisotopic (exact) mass is 359 g/mol. The van der Waals surface area contributed by atoms with Crippen LogP contribution < -0.4 is 9.80 Å². The molecule has 0 spiro atoms. The molecule has 0 amide bonds. The molecule has 0 fully saturated rings. The maximum atomic E-state index is 9.07. The maximum absolute atomic E-state index is 9.07. The highest BCUT2D eigenvalue weighted by Crippen LogP contribution is 2.18. The molecule has 0 saturated heterocycles. The molecule has 2 rings (SSSR count). The molecule has 26 heavy (non-hydrogen) atoms. The SMILES string of the molecule is C=N.CCN(CC)c1ccc(O)cc1.CCN(CC)c1ccc(O)cc1. The van der Waals surface area contributed by atoms with Crippen LogP contribution in [0.4, 0.5) is 11.4 Å². The van der Waals surface area contributed by atoms with Crippen LogP contribution in [0.15, 0.2) is 48.5 Å². The molecule has 2 aromatic rings. The van der Waals surface area contributed by atoms with E-state index in [2.05, 4.69) is 44.2 Å². The van der Waals surface area contributed by atoms with E-state index in [1.54, 1.807) is 24.3 Å². The van der Waals surface area contributed by atoms with E-state index in [4.69, 9.17) is 15.6 Å². The first-order valence-corrected chi connectivity index (χ1v) is 8.98. The van der Waals surface area contributed by atoms with Gasteiger partial charge in [-0.3, -0.25) is 0 Å². The van der Waals surface area contributed by atoms with Crippen LogP contribution in [0.2, 0.25) is 0 Å². The molecule has 0 bridgehead atoms. The molecule has 0 atom stereocenters. The van der Waals surface area contributed by atoms with Crippen molar-refractivity contribution in [2.24, 2.45) is 0 Å². The molecular weight excluding hydrogens is 326 g/mol. The van der Waals surface area contributed by atoms with Crippen LogP contribution >= 0.6 is 0 Å². The lowest BCUT2D eigenvalue weighted by Gasteiger charge is -2.20. The molecule has 0 heterocycles. The van der Waals surface area contributed by atoms with Gasteiger partial charge in [-0.15, -0.1) is 0 Å². The van der Waals surface area contributed by atoms with Gasteiger partial charge in [-0.25, -0.2) is 0 Å². The third-order valence-electron chi connectivity index (χ3n) is 3.96. The zero-order valence-corrected chi connectivity index (χ0v) is 16.4. The number of hydrogen-bond acceptors (Lipinski definition) is 5. The number of hydrogen-bond donors (Lipinski definition) is 3. The van der Waals surface area contributed by atoms with Gasteiger partial charge >= 0.3 is 0 Å². The number of rotatable bonds is 6. The summed E-state index contributed by atoms with van der Waals surface area (Å²) in [6.45, 7) is 15.0. The number of aromatic hydroxyl groups is 2. The molecule has 2 aromatic carbocycles. The fourth-order valence-corrected chi connectivity index (χ4v) is 2.50. The van der Waals surface area contributed by atoms with Crippen molar-refractivity contribution in [2.75, 3.05) is 36.0 Å². The predicted octanol–water partition coefficient (Wildman–Crippen LogP) is 4.74. The van der Waals surface area contributed by atoms with Gasteiger partial charge < -0.3 is 25.4 Å². The third-order valence-corrected chi connectivity index (χ3v) is 3.96. The quantitative estimate of drug-likeness (QED) is 0.651. The van der Waals surface area contributed by atoms with Crippen LogP contribution in [0.1, 0.15) is 27.7 Å². The highest BCUT2D eigenvalue weighted by atomic mass is 16.3. The van der Waals surface area contributed by atoms with Gasteiger partial charge in [0.15, 0.2) is 0 Å². The molecule has 0 unspecified atom stereocenters. The van der Waals surface area contributed by atoms with Crippen molar-refractivity contribution in [3.8, 4) is 11.5 Å². The number of anilines is 2. The highest BCUT2D eigenvalue weighted by Gasteiger charge is 2.00. The van der Waals surface area contributed by atoms with E-state index in [0.29, 0.717) is 11.5 Å². The average molecular weight is 360 g/mol. The number of phenolic OH excluding ortho intramolecular Hbond substituents is 2. The van der Waals surface area contributed by atoms with Crippen LogP contribution in [0.3, 0.4) is 0 Å². The summed E-state index contributed by atoms with van der Waals surface area (Å²) in [4.78, 5) is 4.47. The van der Waals surface area contributed by atoms with Crippen LogP contribution in [0, 0.1) is 5.41 Å². The van der Waals surface area contributed by atoms with Crippen LogP contribution in [0.5, 0.6) is 11.5 Å². The predicted molar refractivity (Wildman–Crippen MR) is 113 cm³/mol. The second-order valence-corrected chi connectivity index (χ2v) is 5.38. The Morgan fingerprint density at radius 3 is 1.04 bits per heavy atom. The fourth-order valence-electron chi connectivity index (χ4n) is 2.50. The first kappa shape index (κ1) is 23.3. The molecule has 144 valence electrons. The standard InChI is InChI=1S/2C10H15NO.CH3N/c2*1-3-11(4-2)9-5-7-10(12)8-6-9;1-2/h2*5-8,12H,3-4H2,1-2H3;2H,1H2. The minimum absolute atomic E-state index is 0.325. The van der Waals surface area contributed by atoms with Gasteiger partial charge in [0.2, 0.25) is 0 Å². The van der Waals surface area contributed by atoms with Crippen molar-refractivity contribution in [3.05, 3.63) is 48.5 Å². The Bertz CT molecular complexity index is 524. The van der Waals surface area contributed by atoms with Crippen LogP contribution in [-0.4, -0.2) is 43.1 Å². The summed E-state index contributed by atoms with van der Waals surface area (Å²) in [5, 5.41) is 23.6. The molecular formula is C21H33N3O2. The molecule has 5 heteroatoms. The summed E-state index contributed by atoms with van der Waals surface area (Å²) in [6.07, 6.45) is 0. The summed E-state index contributed by atoms with van der Waals surface area (Å²) >= 11 is 0. The first-order chi connectivity index (χ1) is 12.5. The van der Waals surface area contributed by atoms with E-state index in [0.717, 1.165) is 37.6 Å². The second kappa shape index (κ2) is 13.6. The van der Waals surface area contributed by atoms with Crippen molar-refractivity contribution in [2.45, 2.75) is 27.7 Å². The van der Waals surface area contributed by atoms with E-state index < -0.39 is 0 Å². The Kier molecular flexibility index (Phi) is 12.2.